The van der Waals surface area contributed by atoms with Crippen LogP contribution in [0, 0.1) is 5.92 Å². The third-order valence-electron chi connectivity index (χ3n) is 3.03. The molecule has 0 radical (unpaired) electrons. The largest absolute Gasteiger partial charge is 0.325 e. The van der Waals surface area contributed by atoms with E-state index in [9.17, 15) is 13.2 Å². The molecule has 0 aliphatic carbocycles. The highest BCUT2D eigenvalue weighted by Crippen LogP contribution is 2.30. The SMILES string of the molecule is O=C(CC1CCS(=O)(=O)C1)Nc1cccc(Cl)c1Cl. The lowest BCUT2D eigenvalue weighted by atomic mass is 10.1. The van der Waals surface area contributed by atoms with E-state index in [0.29, 0.717) is 17.1 Å². The zero-order valence-corrected chi connectivity index (χ0v) is 12.4. The summed E-state index contributed by atoms with van der Waals surface area (Å²) < 4.78 is 22.6. The first-order valence-electron chi connectivity index (χ1n) is 5.82. The Kier molecular flexibility index (Phi) is 4.38. The van der Waals surface area contributed by atoms with Crippen molar-refractivity contribution in [3.8, 4) is 0 Å². The molecule has 1 N–H and O–H groups in total. The van der Waals surface area contributed by atoms with Crippen molar-refractivity contribution in [2.45, 2.75) is 12.8 Å². The molecule has 0 bridgehead atoms. The van der Waals surface area contributed by atoms with E-state index in [-0.39, 0.29) is 34.8 Å². The molecule has 4 nitrogen and oxygen atoms in total. The minimum atomic E-state index is -2.96. The van der Waals surface area contributed by atoms with Gasteiger partial charge in [0.25, 0.3) is 0 Å². The fourth-order valence-corrected chi connectivity index (χ4v) is 4.31. The van der Waals surface area contributed by atoms with Crippen molar-refractivity contribution in [2.24, 2.45) is 5.92 Å². The van der Waals surface area contributed by atoms with Crippen molar-refractivity contribution in [1.82, 2.24) is 0 Å². The van der Waals surface area contributed by atoms with E-state index in [2.05, 4.69) is 5.32 Å². The minimum absolute atomic E-state index is 0.0870. The number of carbonyl (C=O) groups excluding carboxylic acids is 1. The van der Waals surface area contributed by atoms with Crippen molar-refractivity contribution in [3.63, 3.8) is 0 Å². The van der Waals surface area contributed by atoms with Crippen LogP contribution in [0.1, 0.15) is 12.8 Å². The van der Waals surface area contributed by atoms with E-state index in [0.717, 1.165) is 0 Å². The molecule has 1 heterocycles. The van der Waals surface area contributed by atoms with Crippen molar-refractivity contribution in [3.05, 3.63) is 28.2 Å². The molecule has 1 unspecified atom stereocenters. The zero-order valence-electron chi connectivity index (χ0n) is 10.0. The highest BCUT2D eigenvalue weighted by molar-refractivity contribution is 7.91. The maximum Gasteiger partial charge on any atom is 0.224 e. The molecule has 1 amide bonds. The minimum Gasteiger partial charge on any atom is -0.325 e. The van der Waals surface area contributed by atoms with Crippen molar-refractivity contribution < 1.29 is 13.2 Å². The van der Waals surface area contributed by atoms with Gasteiger partial charge in [0.05, 0.1) is 27.2 Å². The lowest BCUT2D eigenvalue weighted by Crippen LogP contribution is -2.17. The smallest absolute Gasteiger partial charge is 0.224 e. The molecule has 0 spiro atoms. The molecular formula is C12H13Cl2NO3S. The number of halogens is 2. The summed E-state index contributed by atoms with van der Waals surface area (Å²) in [5, 5.41) is 3.31. The third kappa shape index (κ3) is 3.84. The van der Waals surface area contributed by atoms with Crippen LogP contribution in [0.4, 0.5) is 5.69 Å². The Morgan fingerprint density at radius 2 is 2.11 bits per heavy atom. The lowest BCUT2D eigenvalue weighted by Gasteiger charge is -2.10. The van der Waals surface area contributed by atoms with E-state index in [4.69, 9.17) is 23.2 Å². The summed E-state index contributed by atoms with van der Waals surface area (Å²) in [6.07, 6.45) is 0.723. The number of carbonyl (C=O) groups is 1. The molecule has 0 aromatic heterocycles. The average molecular weight is 322 g/mol. The topological polar surface area (TPSA) is 63.2 Å². The molecule has 1 aromatic carbocycles. The van der Waals surface area contributed by atoms with Gasteiger partial charge in [-0.25, -0.2) is 8.42 Å². The Labute approximate surface area is 122 Å². The number of hydrogen-bond donors (Lipinski definition) is 1. The van der Waals surface area contributed by atoms with E-state index >= 15 is 0 Å². The highest BCUT2D eigenvalue weighted by Gasteiger charge is 2.29. The third-order valence-corrected chi connectivity index (χ3v) is 5.68. The van der Waals surface area contributed by atoms with Crippen molar-refractivity contribution in [2.75, 3.05) is 16.8 Å². The van der Waals surface area contributed by atoms with Gasteiger partial charge < -0.3 is 5.32 Å². The molecule has 0 saturated carbocycles. The van der Waals surface area contributed by atoms with Gasteiger partial charge >= 0.3 is 0 Å². The van der Waals surface area contributed by atoms with Gasteiger partial charge in [-0.05, 0) is 24.5 Å². The van der Waals surface area contributed by atoms with Crippen LogP contribution in [-0.2, 0) is 14.6 Å². The monoisotopic (exact) mass is 321 g/mol. The highest BCUT2D eigenvalue weighted by atomic mass is 35.5. The molecule has 104 valence electrons. The Morgan fingerprint density at radius 1 is 1.37 bits per heavy atom. The van der Waals surface area contributed by atoms with Crippen LogP contribution < -0.4 is 5.32 Å². The second-order valence-corrected chi connectivity index (χ2v) is 7.64. The molecule has 1 saturated heterocycles. The second kappa shape index (κ2) is 5.69. The summed E-state index contributed by atoms with van der Waals surface area (Å²) in [6, 6.07) is 4.96. The molecule has 19 heavy (non-hydrogen) atoms. The van der Waals surface area contributed by atoms with Gasteiger partial charge in [-0.3, -0.25) is 4.79 Å². The molecule has 2 rings (SSSR count). The fraction of sp³-hybridized carbons (Fsp3) is 0.417. The summed E-state index contributed by atoms with van der Waals surface area (Å²) in [6.45, 7) is 0. The predicted octanol–water partition coefficient (Wildman–Crippen LogP) is 2.76. The van der Waals surface area contributed by atoms with Crippen LogP contribution in [0.3, 0.4) is 0 Å². The van der Waals surface area contributed by atoms with Gasteiger partial charge in [-0.15, -0.1) is 0 Å². The number of sulfone groups is 1. The number of hydrogen-bond acceptors (Lipinski definition) is 3. The summed E-state index contributed by atoms with van der Waals surface area (Å²) in [5.41, 5.74) is 0.444. The summed E-state index contributed by atoms with van der Waals surface area (Å²) in [7, 11) is -2.96. The van der Waals surface area contributed by atoms with Crippen LogP contribution >= 0.6 is 23.2 Å². The number of rotatable bonds is 3. The molecule has 1 atom stereocenters. The van der Waals surface area contributed by atoms with E-state index in [1.165, 1.54) is 0 Å². The Morgan fingerprint density at radius 3 is 2.74 bits per heavy atom. The Bertz CT molecular complexity index is 601. The van der Waals surface area contributed by atoms with Gasteiger partial charge in [0.15, 0.2) is 9.84 Å². The maximum atomic E-state index is 11.8. The standard InChI is InChI=1S/C12H13Cl2NO3S/c13-9-2-1-3-10(12(9)14)15-11(16)6-8-4-5-19(17,18)7-8/h1-3,8H,4-7H2,(H,15,16). The summed E-state index contributed by atoms with van der Waals surface area (Å²) in [5.74, 6) is -0.0961. The Hall–Kier alpha value is -0.780. The van der Waals surface area contributed by atoms with E-state index in [1.54, 1.807) is 18.2 Å². The number of nitrogens with one attached hydrogen (secondary N) is 1. The van der Waals surface area contributed by atoms with Crippen LogP contribution in [0.15, 0.2) is 18.2 Å². The van der Waals surface area contributed by atoms with Crippen LogP contribution in [-0.4, -0.2) is 25.8 Å². The van der Waals surface area contributed by atoms with E-state index in [1.807, 2.05) is 0 Å². The van der Waals surface area contributed by atoms with Gasteiger partial charge in [0, 0.05) is 6.42 Å². The fourth-order valence-electron chi connectivity index (χ4n) is 2.10. The van der Waals surface area contributed by atoms with E-state index < -0.39 is 9.84 Å². The summed E-state index contributed by atoms with van der Waals surface area (Å²) >= 11 is 11.8. The Balaban J connectivity index is 1.97. The number of anilines is 1. The predicted molar refractivity (Wildman–Crippen MR) is 76.5 cm³/mol. The second-order valence-electron chi connectivity index (χ2n) is 4.62. The first-order valence-corrected chi connectivity index (χ1v) is 8.39. The van der Waals surface area contributed by atoms with Gasteiger partial charge in [0.2, 0.25) is 5.91 Å². The van der Waals surface area contributed by atoms with Gasteiger partial charge in [-0.2, -0.15) is 0 Å². The summed E-state index contributed by atoms with van der Waals surface area (Å²) in [4.78, 5) is 11.8. The molecular weight excluding hydrogens is 309 g/mol. The van der Waals surface area contributed by atoms with Crippen LogP contribution in [0.25, 0.3) is 0 Å². The van der Waals surface area contributed by atoms with Crippen molar-refractivity contribution in [1.29, 1.82) is 0 Å². The molecule has 1 fully saturated rings. The van der Waals surface area contributed by atoms with Crippen LogP contribution in [0.5, 0.6) is 0 Å². The van der Waals surface area contributed by atoms with Crippen LogP contribution in [0.2, 0.25) is 10.0 Å². The van der Waals surface area contributed by atoms with Gasteiger partial charge in [-0.1, -0.05) is 29.3 Å². The van der Waals surface area contributed by atoms with Crippen molar-refractivity contribution >= 4 is 44.6 Å². The number of benzene rings is 1. The normalized spacial score (nSPS) is 21.3. The number of amides is 1. The quantitative estimate of drug-likeness (QED) is 0.931. The molecule has 1 aromatic rings. The molecule has 1 aliphatic heterocycles. The molecule has 7 heteroatoms. The first-order chi connectivity index (χ1) is 8.87. The lowest BCUT2D eigenvalue weighted by molar-refractivity contribution is -0.116. The maximum absolute atomic E-state index is 11.8. The zero-order chi connectivity index (χ0) is 14.0. The average Bonchev–Trinajstić information content (AvgIpc) is 2.64. The first kappa shape index (κ1) is 14.6. The van der Waals surface area contributed by atoms with Gasteiger partial charge in [0.1, 0.15) is 0 Å². The molecule has 1 aliphatic rings.